The van der Waals surface area contributed by atoms with Crippen molar-refractivity contribution in [1.29, 1.82) is 0 Å². The quantitative estimate of drug-likeness (QED) is 0.534. The highest BCUT2D eigenvalue weighted by Crippen LogP contribution is 2.16. The van der Waals surface area contributed by atoms with Crippen LogP contribution in [-0.4, -0.2) is 19.4 Å². The van der Waals surface area contributed by atoms with Crippen molar-refractivity contribution in [2.24, 2.45) is 5.92 Å². The molecule has 0 aromatic heterocycles. The van der Waals surface area contributed by atoms with Gasteiger partial charge in [-0.05, 0) is 12.3 Å². The molecule has 1 saturated heterocycles. The molecule has 0 unspecified atom stereocenters. The largest absolute Gasteiger partial charge is 0.378 e. The number of alkyl halides is 1. The predicted molar refractivity (Wildman–Crippen MR) is 47.6 cm³/mol. The highest BCUT2D eigenvalue weighted by molar-refractivity contribution is 4.67. The molecular weight excluding hydrogens is 143 g/mol. The monoisotopic (exact) mass is 164 g/mol. The van der Waals surface area contributed by atoms with Crippen molar-refractivity contribution in [2.45, 2.75) is 40.8 Å². The first-order valence-electron chi connectivity index (χ1n) is 4.02. The summed E-state index contributed by atoms with van der Waals surface area (Å²) >= 11 is 0. The second-order valence-corrected chi connectivity index (χ2v) is 2.36. The fraction of sp³-hybridized carbons (Fsp3) is 1.00. The minimum Gasteiger partial charge on any atom is -0.378 e. The minimum absolute atomic E-state index is 0. The maximum Gasteiger partial charge on any atom is 0.126 e. The molecular formula is C9H21FO. The van der Waals surface area contributed by atoms with E-state index >= 15 is 0 Å². The lowest BCUT2D eigenvalue weighted by Crippen LogP contribution is -2.26. The van der Waals surface area contributed by atoms with Gasteiger partial charge in [-0.2, -0.15) is 0 Å². The molecule has 0 N–H and O–H groups in total. The zero-order chi connectivity index (χ0) is 7.98. The molecule has 70 valence electrons. The van der Waals surface area contributed by atoms with Crippen molar-refractivity contribution in [1.82, 2.24) is 0 Å². The average molecular weight is 164 g/mol. The first kappa shape index (κ1) is 13.5. The van der Waals surface area contributed by atoms with Gasteiger partial charge in [-0.3, -0.25) is 0 Å². The molecule has 0 spiro atoms. The van der Waals surface area contributed by atoms with E-state index < -0.39 is 6.17 Å². The van der Waals surface area contributed by atoms with Crippen molar-refractivity contribution in [3.05, 3.63) is 0 Å². The molecule has 11 heavy (non-hydrogen) atoms. The molecule has 0 saturated carbocycles. The first-order chi connectivity index (χ1) is 4.80. The van der Waals surface area contributed by atoms with Crippen LogP contribution in [0.1, 0.15) is 34.6 Å². The maximum atomic E-state index is 12.5. The van der Waals surface area contributed by atoms with Gasteiger partial charge >= 0.3 is 0 Å². The zero-order valence-electron chi connectivity index (χ0n) is 7.06. The van der Waals surface area contributed by atoms with E-state index in [9.17, 15) is 4.39 Å². The standard InChI is InChI=1S/C6H11FO.C2H6.CH4/c1-5-2-3-8-4-6(5)7;1-2;/h5-6H,2-4H2,1H3;1-2H3;1H4/t5-,6+;;/m0../s1. The van der Waals surface area contributed by atoms with Gasteiger partial charge in [0.05, 0.1) is 6.61 Å². The van der Waals surface area contributed by atoms with Gasteiger partial charge in [0.25, 0.3) is 0 Å². The number of hydrogen-bond acceptors (Lipinski definition) is 1. The van der Waals surface area contributed by atoms with E-state index in [0.717, 1.165) is 13.0 Å². The predicted octanol–water partition coefficient (Wildman–Crippen LogP) is 3.04. The lowest BCUT2D eigenvalue weighted by molar-refractivity contribution is 0.00451. The Kier molecular flexibility index (Phi) is 9.79. The Morgan fingerprint density at radius 1 is 1.36 bits per heavy atom. The van der Waals surface area contributed by atoms with E-state index in [-0.39, 0.29) is 13.3 Å². The van der Waals surface area contributed by atoms with Crippen LogP contribution in [0.15, 0.2) is 0 Å². The molecule has 1 heterocycles. The maximum absolute atomic E-state index is 12.5. The Morgan fingerprint density at radius 2 is 1.91 bits per heavy atom. The molecule has 0 aliphatic carbocycles. The van der Waals surface area contributed by atoms with Crippen molar-refractivity contribution in [2.75, 3.05) is 13.2 Å². The minimum atomic E-state index is -0.719. The summed E-state index contributed by atoms with van der Waals surface area (Å²) in [4.78, 5) is 0. The zero-order valence-corrected chi connectivity index (χ0v) is 7.06. The van der Waals surface area contributed by atoms with Crippen LogP contribution in [0.3, 0.4) is 0 Å². The number of rotatable bonds is 0. The lowest BCUT2D eigenvalue weighted by Gasteiger charge is -2.21. The van der Waals surface area contributed by atoms with E-state index in [1.807, 2.05) is 20.8 Å². The lowest BCUT2D eigenvalue weighted by atomic mass is 10.0. The summed E-state index contributed by atoms with van der Waals surface area (Å²) in [5.74, 6) is 0.212. The Labute approximate surface area is 69.9 Å². The van der Waals surface area contributed by atoms with Crippen molar-refractivity contribution >= 4 is 0 Å². The molecule has 1 nitrogen and oxygen atoms in total. The van der Waals surface area contributed by atoms with E-state index in [0.29, 0.717) is 6.61 Å². The Balaban J connectivity index is 0. The van der Waals surface area contributed by atoms with Crippen LogP contribution in [0.4, 0.5) is 4.39 Å². The van der Waals surface area contributed by atoms with E-state index in [1.54, 1.807) is 0 Å². The van der Waals surface area contributed by atoms with Crippen LogP contribution in [0, 0.1) is 5.92 Å². The third kappa shape index (κ3) is 5.19. The molecule has 0 bridgehead atoms. The van der Waals surface area contributed by atoms with Gasteiger partial charge in [0.1, 0.15) is 6.17 Å². The summed E-state index contributed by atoms with van der Waals surface area (Å²) < 4.78 is 17.3. The fourth-order valence-electron chi connectivity index (χ4n) is 0.810. The smallest absolute Gasteiger partial charge is 0.126 e. The highest BCUT2D eigenvalue weighted by Gasteiger charge is 2.20. The van der Waals surface area contributed by atoms with E-state index in [2.05, 4.69) is 0 Å². The van der Waals surface area contributed by atoms with Gasteiger partial charge in [-0.25, -0.2) is 4.39 Å². The first-order valence-corrected chi connectivity index (χ1v) is 4.02. The van der Waals surface area contributed by atoms with Crippen LogP contribution < -0.4 is 0 Å². The molecule has 2 atom stereocenters. The molecule has 0 radical (unpaired) electrons. The van der Waals surface area contributed by atoms with Gasteiger partial charge < -0.3 is 4.74 Å². The fourth-order valence-corrected chi connectivity index (χ4v) is 0.810. The van der Waals surface area contributed by atoms with Crippen LogP contribution in [0.25, 0.3) is 0 Å². The van der Waals surface area contributed by atoms with Gasteiger partial charge in [-0.1, -0.05) is 28.2 Å². The Hall–Kier alpha value is -0.110. The second kappa shape index (κ2) is 7.99. The average Bonchev–Trinajstić information content (AvgIpc) is 2.00. The van der Waals surface area contributed by atoms with Crippen LogP contribution >= 0.6 is 0 Å². The van der Waals surface area contributed by atoms with Crippen molar-refractivity contribution in [3.63, 3.8) is 0 Å². The van der Waals surface area contributed by atoms with E-state index in [1.165, 1.54) is 0 Å². The molecule has 1 fully saturated rings. The van der Waals surface area contributed by atoms with Crippen LogP contribution in [-0.2, 0) is 4.74 Å². The number of halogens is 1. The topological polar surface area (TPSA) is 9.23 Å². The van der Waals surface area contributed by atoms with Crippen LogP contribution in [0.2, 0.25) is 0 Å². The molecule has 1 aliphatic rings. The van der Waals surface area contributed by atoms with Crippen molar-refractivity contribution < 1.29 is 9.13 Å². The summed E-state index contributed by atoms with van der Waals surface area (Å²) in [7, 11) is 0. The molecule has 1 aliphatic heterocycles. The third-order valence-corrected chi connectivity index (χ3v) is 1.61. The Bertz CT molecular complexity index is 66.0. The second-order valence-electron chi connectivity index (χ2n) is 2.36. The van der Waals surface area contributed by atoms with Gasteiger partial charge in [0.2, 0.25) is 0 Å². The Morgan fingerprint density at radius 3 is 2.18 bits per heavy atom. The summed E-state index contributed by atoms with van der Waals surface area (Å²) in [5, 5.41) is 0. The van der Waals surface area contributed by atoms with Gasteiger partial charge in [0, 0.05) is 6.61 Å². The number of ether oxygens (including phenoxy) is 1. The molecule has 0 aromatic rings. The summed E-state index contributed by atoms with van der Waals surface area (Å²) in [6, 6.07) is 0. The summed E-state index contributed by atoms with van der Waals surface area (Å²) in [5.41, 5.74) is 0. The van der Waals surface area contributed by atoms with Gasteiger partial charge in [-0.15, -0.1) is 0 Å². The molecule has 0 amide bonds. The molecule has 2 heteroatoms. The van der Waals surface area contributed by atoms with Crippen LogP contribution in [0.5, 0.6) is 0 Å². The SMILES string of the molecule is C.CC.C[C@H]1CCOC[C@H]1F. The van der Waals surface area contributed by atoms with Gasteiger partial charge in [0.15, 0.2) is 0 Å². The van der Waals surface area contributed by atoms with E-state index in [4.69, 9.17) is 4.74 Å². The number of hydrogen-bond donors (Lipinski definition) is 0. The summed E-state index contributed by atoms with van der Waals surface area (Å²) in [6.45, 7) is 6.97. The summed E-state index contributed by atoms with van der Waals surface area (Å²) in [6.07, 6.45) is 0.157. The molecule has 0 aromatic carbocycles. The molecule has 1 rings (SSSR count). The third-order valence-electron chi connectivity index (χ3n) is 1.61. The normalized spacial score (nSPS) is 29.5. The highest BCUT2D eigenvalue weighted by atomic mass is 19.1. The van der Waals surface area contributed by atoms with Crippen molar-refractivity contribution in [3.8, 4) is 0 Å².